The van der Waals surface area contributed by atoms with Gasteiger partial charge in [-0.2, -0.15) is 0 Å². The summed E-state index contributed by atoms with van der Waals surface area (Å²) in [6, 6.07) is 10.7. The van der Waals surface area contributed by atoms with E-state index in [1.165, 1.54) is 31.2 Å². The molecule has 1 aromatic rings. The topological polar surface area (TPSA) is 0 Å². The summed E-state index contributed by atoms with van der Waals surface area (Å²) in [7, 11) is 0. The summed E-state index contributed by atoms with van der Waals surface area (Å²) in [5.74, 6) is 0. The van der Waals surface area contributed by atoms with Crippen LogP contribution < -0.4 is 0 Å². The van der Waals surface area contributed by atoms with Gasteiger partial charge in [-0.3, -0.25) is 0 Å². The molecule has 1 rings (SSSR count). The summed E-state index contributed by atoms with van der Waals surface area (Å²) in [6.07, 6.45) is 10.1. The first kappa shape index (κ1) is 13.8. The van der Waals surface area contributed by atoms with E-state index >= 15 is 0 Å². The summed E-state index contributed by atoms with van der Waals surface area (Å²) in [5.41, 5.74) is 1.45. The van der Waals surface area contributed by atoms with Crippen LogP contribution in [-0.2, 0) is 5.41 Å². The minimum atomic E-state index is 0.0815. The second-order valence-corrected chi connectivity index (χ2v) is 4.68. The number of benzene rings is 1. The highest BCUT2D eigenvalue weighted by Gasteiger charge is 2.26. The predicted octanol–water partition coefficient (Wildman–Crippen LogP) is 5.27. The predicted molar refractivity (Wildman–Crippen MR) is 77.3 cm³/mol. The van der Waals surface area contributed by atoms with E-state index in [1.807, 2.05) is 6.08 Å². The normalized spacial score (nSPS) is 13.9. The number of hydrogen-bond acceptors (Lipinski definition) is 0. The number of unbranched alkanes of at least 4 members (excludes halogenated alkanes) is 2. The Labute approximate surface area is 106 Å². The van der Waals surface area contributed by atoms with Crippen LogP contribution in [0.4, 0.5) is 0 Å². The minimum Gasteiger partial charge on any atom is -0.103 e. The van der Waals surface area contributed by atoms with Crippen molar-refractivity contribution in [3.8, 4) is 0 Å². The van der Waals surface area contributed by atoms with Gasteiger partial charge in [0.05, 0.1) is 0 Å². The molecule has 92 valence electrons. The first-order valence-corrected chi connectivity index (χ1v) is 6.59. The average molecular weight is 228 g/mol. The Morgan fingerprint density at radius 2 is 1.82 bits per heavy atom. The van der Waals surface area contributed by atoms with Crippen molar-refractivity contribution in [1.29, 1.82) is 0 Å². The lowest BCUT2D eigenvalue weighted by molar-refractivity contribution is 0.465. The molecule has 0 heterocycles. The van der Waals surface area contributed by atoms with Crippen molar-refractivity contribution < 1.29 is 0 Å². The largest absolute Gasteiger partial charge is 0.103 e. The third-order valence-electron chi connectivity index (χ3n) is 3.47. The standard InChI is InChI=1S/C17H24/c1-4-7-11-15-17(6-3,14-5-2)16-12-9-8-10-13-16/h5-6,8-10,12-13H,2-4,7,11,14-15H2,1H3/t17-/m1/s1. The molecule has 0 aliphatic carbocycles. The summed E-state index contributed by atoms with van der Waals surface area (Å²) < 4.78 is 0. The van der Waals surface area contributed by atoms with Crippen LogP contribution in [0.1, 0.15) is 44.6 Å². The maximum absolute atomic E-state index is 4.06. The van der Waals surface area contributed by atoms with E-state index in [-0.39, 0.29) is 5.41 Å². The molecule has 0 aromatic heterocycles. The first-order valence-electron chi connectivity index (χ1n) is 6.59. The van der Waals surface area contributed by atoms with E-state index in [9.17, 15) is 0 Å². The lowest BCUT2D eigenvalue weighted by Gasteiger charge is -2.30. The van der Waals surface area contributed by atoms with Crippen LogP contribution in [0, 0.1) is 0 Å². The van der Waals surface area contributed by atoms with E-state index in [0.717, 1.165) is 6.42 Å². The van der Waals surface area contributed by atoms with Gasteiger partial charge in [-0.25, -0.2) is 0 Å². The maximum atomic E-state index is 4.06. The van der Waals surface area contributed by atoms with Gasteiger partial charge in [0.15, 0.2) is 0 Å². The van der Waals surface area contributed by atoms with Gasteiger partial charge in [0.1, 0.15) is 0 Å². The van der Waals surface area contributed by atoms with E-state index in [2.05, 4.69) is 56.5 Å². The molecule has 0 fully saturated rings. The lowest BCUT2D eigenvalue weighted by Crippen LogP contribution is -2.22. The van der Waals surface area contributed by atoms with Gasteiger partial charge in [-0.15, -0.1) is 13.2 Å². The molecule has 0 amide bonds. The van der Waals surface area contributed by atoms with Gasteiger partial charge in [0.2, 0.25) is 0 Å². The highest BCUT2D eigenvalue weighted by molar-refractivity contribution is 5.31. The Balaban J connectivity index is 2.91. The molecule has 0 saturated heterocycles. The number of rotatable bonds is 8. The van der Waals surface area contributed by atoms with Crippen molar-refractivity contribution in [2.45, 2.75) is 44.4 Å². The second-order valence-electron chi connectivity index (χ2n) is 4.68. The highest BCUT2D eigenvalue weighted by atomic mass is 14.3. The van der Waals surface area contributed by atoms with Crippen molar-refractivity contribution in [3.05, 3.63) is 61.2 Å². The fraction of sp³-hybridized carbons (Fsp3) is 0.412. The van der Waals surface area contributed by atoms with Crippen LogP contribution in [0.15, 0.2) is 55.6 Å². The Kier molecular flexibility index (Phi) is 5.76. The first-order chi connectivity index (χ1) is 8.29. The Hall–Kier alpha value is -1.30. The molecule has 1 atom stereocenters. The van der Waals surface area contributed by atoms with Gasteiger partial charge in [0.25, 0.3) is 0 Å². The zero-order valence-electron chi connectivity index (χ0n) is 11.0. The third-order valence-corrected chi connectivity index (χ3v) is 3.47. The molecule has 0 nitrogen and oxygen atoms in total. The molecule has 0 bridgehead atoms. The van der Waals surface area contributed by atoms with Gasteiger partial charge in [0, 0.05) is 5.41 Å². The summed E-state index contributed by atoms with van der Waals surface area (Å²) in [6.45, 7) is 10.2. The smallest absolute Gasteiger partial charge is 0.0164 e. The minimum absolute atomic E-state index is 0.0815. The van der Waals surface area contributed by atoms with E-state index < -0.39 is 0 Å². The molecule has 0 spiro atoms. The number of hydrogen-bond donors (Lipinski definition) is 0. The van der Waals surface area contributed by atoms with Gasteiger partial charge in [-0.05, 0) is 18.4 Å². The Morgan fingerprint density at radius 3 is 2.35 bits per heavy atom. The van der Waals surface area contributed by atoms with Gasteiger partial charge >= 0.3 is 0 Å². The molecule has 0 heteroatoms. The van der Waals surface area contributed by atoms with E-state index in [0.29, 0.717) is 0 Å². The molecule has 0 aliphatic heterocycles. The molecule has 0 saturated carbocycles. The molecule has 0 radical (unpaired) electrons. The molecule has 17 heavy (non-hydrogen) atoms. The van der Waals surface area contributed by atoms with Crippen molar-refractivity contribution >= 4 is 0 Å². The van der Waals surface area contributed by atoms with Crippen molar-refractivity contribution in [3.63, 3.8) is 0 Å². The van der Waals surface area contributed by atoms with E-state index in [4.69, 9.17) is 0 Å². The summed E-state index contributed by atoms with van der Waals surface area (Å²) >= 11 is 0. The third kappa shape index (κ3) is 3.59. The summed E-state index contributed by atoms with van der Waals surface area (Å²) in [4.78, 5) is 0. The van der Waals surface area contributed by atoms with Crippen LogP contribution in [0.25, 0.3) is 0 Å². The van der Waals surface area contributed by atoms with Crippen LogP contribution in [0.5, 0.6) is 0 Å². The van der Waals surface area contributed by atoms with E-state index in [1.54, 1.807) is 0 Å². The Morgan fingerprint density at radius 1 is 1.12 bits per heavy atom. The molecule has 0 aliphatic rings. The van der Waals surface area contributed by atoms with Crippen LogP contribution in [0.2, 0.25) is 0 Å². The maximum Gasteiger partial charge on any atom is 0.0164 e. The van der Waals surface area contributed by atoms with Gasteiger partial charge < -0.3 is 0 Å². The SMILES string of the molecule is C=CC[C@](C=C)(CCCCC)c1ccccc1. The molecule has 0 N–H and O–H groups in total. The molecule has 1 aromatic carbocycles. The quantitative estimate of drug-likeness (QED) is 0.420. The second kappa shape index (κ2) is 7.11. The fourth-order valence-corrected chi connectivity index (χ4v) is 2.39. The van der Waals surface area contributed by atoms with Crippen molar-refractivity contribution in [2.75, 3.05) is 0 Å². The number of allylic oxidation sites excluding steroid dienone is 2. The zero-order chi connectivity index (χ0) is 12.6. The van der Waals surface area contributed by atoms with Crippen LogP contribution in [0.3, 0.4) is 0 Å². The van der Waals surface area contributed by atoms with Crippen molar-refractivity contribution in [2.24, 2.45) is 0 Å². The lowest BCUT2D eigenvalue weighted by atomic mass is 9.74. The molecular formula is C17H24. The summed E-state index contributed by atoms with van der Waals surface area (Å²) in [5, 5.41) is 0. The molecule has 0 unspecified atom stereocenters. The van der Waals surface area contributed by atoms with Crippen molar-refractivity contribution in [1.82, 2.24) is 0 Å². The average Bonchev–Trinajstić information content (AvgIpc) is 2.39. The van der Waals surface area contributed by atoms with Gasteiger partial charge in [-0.1, -0.05) is 68.7 Å². The monoisotopic (exact) mass is 228 g/mol. The molecular weight excluding hydrogens is 204 g/mol. The van der Waals surface area contributed by atoms with Crippen LogP contribution >= 0.6 is 0 Å². The zero-order valence-corrected chi connectivity index (χ0v) is 11.0. The highest BCUT2D eigenvalue weighted by Crippen LogP contribution is 2.35. The Bertz CT molecular complexity index is 336. The van der Waals surface area contributed by atoms with Crippen LogP contribution in [-0.4, -0.2) is 0 Å². The fourth-order valence-electron chi connectivity index (χ4n) is 2.39.